The Morgan fingerprint density at radius 1 is 1.15 bits per heavy atom. The molecule has 2 aromatic rings. The van der Waals surface area contributed by atoms with Gasteiger partial charge in [-0.2, -0.15) is 0 Å². The van der Waals surface area contributed by atoms with Crippen molar-refractivity contribution >= 4 is 17.3 Å². The van der Waals surface area contributed by atoms with E-state index in [1.807, 2.05) is 0 Å². The molecule has 0 fully saturated rings. The Morgan fingerprint density at radius 3 is 2.50 bits per heavy atom. The van der Waals surface area contributed by atoms with E-state index < -0.39 is 23.4 Å². The first kappa shape index (κ1) is 13.9. The van der Waals surface area contributed by atoms with Crippen LogP contribution in [0.1, 0.15) is 15.9 Å². The second-order valence-corrected chi connectivity index (χ2v) is 4.28. The quantitative estimate of drug-likeness (QED) is 0.830. The molecule has 0 bridgehead atoms. The van der Waals surface area contributed by atoms with Gasteiger partial charge in [0.15, 0.2) is 0 Å². The van der Waals surface area contributed by atoms with Crippen LogP contribution >= 0.6 is 0 Å². The Bertz CT molecular complexity index is 686. The molecule has 0 aliphatic heterocycles. The Labute approximate surface area is 113 Å². The highest BCUT2D eigenvalue weighted by atomic mass is 19.1. The highest BCUT2D eigenvalue weighted by Gasteiger charge is 2.16. The summed E-state index contributed by atoms with van der Waals surface area (Å²) >= 11 is 0. The Kier molecular flexibility index (Phi) is 3.65. The molecule has 0 atom stereocenters. The summed E-state index contributed by atoms with van der Waals surface area (Å²) in [4.78, 5) is 11.9. The number of aryl methyl sites for hydroxylation is 1. The number of benzene rings is 2. The standard InChI is InChI=1S/C14H11F3N2O/c1-7-4-9(18)6-10(13(7)17)14(20)19-12-3-2-8(15)5-11(12)16/h2-6H,18H2,1H3,(H,19,20). The molecule has 0 radical (unpaired) electrons. The predicted molar refractivity (Wildman–Crippen MR) is 69.9 cm³/mol. The van der Waals surface area contributed by atoms with E-state index in [4.69, 9.17) is 5.73 Å². The fourth-order valence-electron chi connectivity index (χ4n) is 1.74. The smallest absolute Gasteiger partial charge is 0.258 e. The van der Waals surface area contributed by atoms with Crippen LogP contribution in [-0.4, -0.2) is 5.91 Å². The number of nitrogens with two attached hydrogens (primary N) is 1. The summed E-state index contributed by atoms with van der Waals surface area (Å²) in [7, 11) is 0. The van der Waals surface area contributed by atoms with Crippen LogP contribution < -0.4 is 11.1 Å². The highest BCUT2D eigenvalue weighted by Crippen LogP contribution is 2.20. The SMILES string of the molecule is Cc1cc(N)cc(C(=O)Nc2ccc(F)cc2F)c1F. The number of hydrogen-bond acceptors (Lipinski definition) is 2. The van der Waals surface area contributed by atoms with Crippen molar-refractivity contribution in [1.82, 2.24) is 0 Å². The summed E-state index contributed by atoms with van der Waals surface area (Å²) in [5.74, 6) is -3.31. The van der Waals surface area contributed by atoms with Gasteiger partial charge in [-0.3, -0.25) is 4.79 Å². The first-order chi connectivity index (χ1) is 9.38. The van der Waals surface area contributed by atoms with Gasteiger partial charge in [-0.25, -0.2) is 13.2 Å². The summed E-state index contributed by atoms with van der Waals surface area (Å²) in [6, 6.07) is 5.19. The number of anilines is 2. The van der Waals surface area contributed by atoms with Crippen molar-refractivity contribution in [3.63, 3.8) is 0 Å². The third-order valence-electron chi connectivity index (χ3n) is 2.70. The lowest BCUT2D eigenvalue weighted by Crippen LogP contribution is -2.16. The van der Waals surface area contributed by atoms with Crippen molar-refractivity contribution in [3.8, 4) is 0 Å². The van der Waals surface area contributed by atoms with Gasteiger partial charge in [0.1, 0.15) is 17.5 Å². The molecule has 2 rings (SSSR count). The molecule has 0 aliphatic carbocycles. The van der Waals surface area contributed by atoms with E-state index in [-0.39, 0.29) is 22.5 Å². The second kappa shape index (κ2) is 5.24. The molecular weight excluding hydrogens is 269 g/mol. The van der Waals surface area contributed by atoms with E-state index in [1.165, 1.54) is 13.0 Å². The van der Waals surface area contributed by atoms with Crippen molar-refractivity contribution < 1.29 is 18.0 Å². The molecule has 0 unspecified atom stereocenters. The number of carbonyl (C=O) groups is 1. The molecule has 0 heterocycles. The average Bonchev–Trinajstić information content (AvgIpc) is 2.37. The molecule has 1 amide bonds. The number of hydrogen-bond donors (Lipinski definition) is 2. The third-order valence-corrected chi connectivity index (χ3v) is 2.70. The van der Waals surface area contributed by atoms with Crippen molar-refractivity contribution in [2.45, 2.75) is 6.92 Å². The number of halogens is 3. The van der Waals surface area contributed by atoms with Crippen molar-refractivity contribution in [1.29, 1.82) is 0 Å². The van der Waals surface area contributed by atoms with Crippen LogP contribution in [0.25, 0.3) is 0 Å². The topological polar surface area (TPSA) is 55.1 Å². The number of carbonyl (C=O) groups excluding carboxylic acids is 1. The molecule has 6 heteroatoms. The number of rotatable bonds is 2. The Balaban J connectivity index is 2.33. The van der Waals surface area contributed by atoms with Gasteiger partial charge in [-0.05, 0) is 36.8 Å². The minimum Gasteiger partial charge on any atom is -0.399 e. The van der Waals surface area contributed by atoms with Crippen LogP contribution in [0.5, 0.6) is 0 Å². The zero-order valence-corrected chi connectivity index (χ0v) is 10.5. The minimum absolute atomic E-state index is 0.203. The maximum absolute atomic E-state index is 13.8. The zero-order valence-electron chi connectivity index (χ0n) is 10.5. The molecule has 0 aliphatic rings. The highest BCUT2D eigenvalue weighted by molar-refractivity contribution is 6.05. The lowest BCUT2D eigenvalue weighted by Gasteiger charge is -2.09. The monoisotopic (exact) mass is 280 g/mol. The van der Waals surface area contributed by atoms with Gasteiger partial charge >= 0.3 is 0 Å². The summed E-state index contributed by atoms with van der Waals surface area (Å²) in [5.41, 5.74) is 5.42. The van der Waals surface area contributed by atoms with Crippen LogP contribution in [0.3, 0.4) is 0 Å². The molecule has 2 aromatic carbocycles. The minimum atomic E-state index is -0.945. The normalized spacial score (nSPS) is 10.4. The van der Waals surface area contributed by atoms with E-state index in [9.17, 15) is 18.0 Å². The van der Waals surface area contributed by atoms with E-state index in [0.717, 1.165) is 18.2 Å². The number of amides is 1. The average molecular weight is 280 g/mol. The molecule has 104 valence electrons. The molecule has 20 heavy (non-hydrogen) atoms. The van der Waals surface area contributed by atoms with Gasteiger partial charge in [0.2, 0.25) is 0 Å². The van der Waals surface area contributed by atoms with Crippen LogP contribution in [-0.2, 0) is 0 Å². The summed E-state index contributed by atoms with van der Waals surface area (Å²) in [5, 5.41) is 2.17. The third kappa shape index (κ3) is 2.74. The molecule has 3 N–H and O–H groups in total. The second-order valence-electron chi connectivity index (χ2n) is 4.28. The van der Waals surface area contributed by atoms with E-state index in [1.54, 1.807) is 0 Å². The number of nitrogens with one attached hydrogen (secondary N) is 1. The van der Waals surface area contributed by atoms with Gasteiger partial charge in [-0.15, -0.1) is 0 Å². The molecule has 0 spiro atoms. The molecular formula is C14H11F3N2O. The summed E-state index contributed by atoms with van der Waals surface area (Å²) in [6.07, 6.45) is 0. The molecule has 0 saturated heterocycles. The predicted octanol–water partition coefficient (Wildman–Crippen LogP) is 3.25. The summed E-state index contributed by atoms with van der Waals surface area (Å²) < 4.78 is 40.0. The fourth-order valence-corrected chi connectivity index (χ4v) is 1.74. The van der Waals surface area contributed by atoms with Gasteiger partial charge in [-0.1, -0.05) is 0 Å². The molecule has 0 aromatic heterocycles. The first-order valence-corrected chi connectivity index (χ1v) is 5.70. The van der Waals surface area contributed by atoms with Crippen LogP contribution in [0, 0.1) is 24.4 Å². The van der Waals surface area contributed by atoms with Crippen LogP contribution in [0.15, 0.2) is 30.3 Å². The van der Waals surface area contributed by atoms with Crippen LogP contribution in [0.4, 0.5) is 24.5 Å². The Morgan fingerprint density at radius 2 is 1.85 bits per heavy atom. The fraction of sp³-hybridized carbons (Fsp3) is 0.0714. The largest absolute Gasteiger partial charge is 0.399 e. The lowest BCUT2D eigenvalue weighted by molar-refractivity contribution is 0.102. The van der Waals surface area contributed by atoms with E-state index >= 15 is 0 Å². The maximum atomic E-state index is 13.8. The lowest BCUT2D eigenvalue weighted by atomic mass is 10.1. The van der Waals surface area contributed by atoms with Crippen molar-refractivity contribution in [3.05, 3.63) is 58.9 Å². The maximum Gasteiger partial charge on any atom is 0.258 e. The first-order valence-electron chi connectivity index (χ1n) is 5.70. The van der Waals surface area contributed by atoms with Crippen molar-refractivity contribution in [2.24, 2.45) is 0 Å². The van der Waals surface area contributed by atoms with E-state index in [2.05, 4.69) is 5.32 Å². The Hall–Kier alpha value is -2.50. The van der Waals surface area contributed by atoms with Crippen molar-refractivity contribution in [2.75, 3.05) is 11.1 Å². The number of nitrogen functional groups attached to an aromatic ring is 1. The van der Waals surface area contributed by atoms with E-state index in [0.29, 0.717) is 6.07 Å². The zero-order chi connectivity index (χ0) is 14.9. The van der Waals surface area contributed by atoms with Gasteiger partial charge in [0.05, 0.1) is 11.3 Å². The molecule has 3 nitrogen and oxygen atoms in total. The van der Waals surface area contributed by atoms with Gasteiger partial charge < -0.3 is 11.1 Å². The molecule has 0 saturated carbocycles. The van der Waals surface area contributed by atoms with Gasteiger partial charge in [0.25, 0.3) is 5.91 Å². The summed E-state index contributed by atoms with van der Waals surface area (Å²) in [6.45, 7) is 1.46. The van der Waals surface area contributed by atoms with Gasteiger partial charge in [0, 0.05) is 11.8 Å². The van der Waals surface area contributed by atoms with Crippen LogP contribution in [0.2, 0.25) is 0 Å².